The normalized spacial score (nSPS) is 16.1. The van der Waals surface area contributed by atoms with Crippen molar-refractivity contribution in [3.63, 3.8) is 0 Å². The molecule has 0 spiro atoms. The van der Waals surface area contributed by atoms with E-state index in [1.54, 1.807) is 6.07 Å². The van der Waals surface area contributed by atoms with Crippen LogP contribution < -0.4 is 0 Å². The minimum Gasteiger partial charge on any atom is -0.299 e. The molecule has 0 bridgehead atoms. The lowest BCUT2D eigenvalue weighted by Gasteiger charge is -2.23. The molecule has 1 aromatic carbocycles. The number of ketones is 1. The lowest BCUT2D eigenvalue weighted by molar-refractivity contribution is -0.124. The van der Waals surface area contributed by atoms with E-state index >= 15 is 0 Å². The van der Waals surface area contributed by atoms with Crippen molar-refractivity contribution in [2.45, 2.75) is 25.7 Å². The van der Waals surface area contributed by atoms with Gasteiger partial charge in [-0.05, 0) is 30.5 Å². The summed E-state index contributed by atoms with van der Waals surface area (Å²) in [5.41, 5.74) is 0.883. The molecule has 0 unspecified atom stereocenters. The monoisotopic (exact) mass is 270 g/mol. The van der Waals surface area contributed by atoms with Crippen molar-refractivity contribution in [1.29, 1.82) is 0 Å². The molecule has 15 heavy (non-hydrogen) atoms. The van der Waals surface area contributed by atoms with E-state index in [9.17, 15) is 9.18 Å². The summed E-state index contributed by atoms with van der Waals surface area (Å²) in [4.78, 5) is 11.7. The predicted octanol–water partition coefficient (Wildman–Crippen LogP) is 3.50. The Bertz CT molecular complexity index is 385. The highest BCUT2D eigenvalue weighted by molar-refractivity contribution is 9.10. The largest absolute Gasteiger partial charge is 0.299 e. The number of hydrogen-bond acceptors (Lipinski definition) is 1. The summed E-state index contributed by atoms with van der Waals surface area (Å²) < 4.78 is 13.5. The van der Waals surface area contributed by atoms with E-state index in [1.165, 1.54) is 18.6 Å². The second-order valence-corrected chi connectivity index (χ2v) is 4.86. The van der Waals surface area contributed by atoms with E-state index in [0.29, 0.717) is 10.9 Å². The Morgan fingerprint density at radius 1 is 1.47 bits per heavy atom. The molecule has 0 aromatic heterocycles. The zero-order chi connectivity index (χ0) is 10.8. The molecule has 0 N–H and O–H groups in total. The SMILES string of the molecule is O=C(Cc1ccc(F)cc1Br)C1CCC1. The Hall–Kier alpha value is -0.700. The first-order chi connectivity index (χ1) is 7.16. The highest BCUT2D eigenvalue weighted by Gasteiger charge is 2.25. The number of Topliss-reactive ketones (excluding diaryl/α,β-unsaturated/α-hetero) is 1. The lowest BCUT2D eigenvalue weighted by atomic mass is 9.80. The summed E-state index contributed by atoms with van der Waals surface area (Å²) in [7, 11) is 0. The molecule has 80 valence electrons. The summed E-state index contributed by atoms with van der Waals surface area (Å²) in [6.07, 6.45) is 3.64. The van der Waals surface area contributed by atoms with Crippen molar-refractivity contribution < 1.29 is 9.18 Å². The van der Waals surface area contributed by atoms with Gasteiger partial charge in [0.25, 0.3) is 0 Å². The van der Waals surface area contributed by atoms with Gasteiger partial charge in [-0.2, -0.15) is 0 Å². The van der Waals surface area contributed by atoms with E-state index in [2.05, 4.69) is 15.9 Å². The molecule has 1 nitrogen and oxygen atoms in total. The van der Waals surface area contributed by atoms with Gasteiger partial charge in [0.15, 0.2) is 0 Å². The first-order valence-electron chi connectivity index (χ1n) is 5.13. The first kappa shape index (κ1) is 10.8. The minimum absolute atomic E-state index is 0.252. The topological polar surface area (TPSA) is 17.1 Å². The van der Waals surface area contributed by atoms with Gasteiger partial charge in [0.05, 0.1) is 0 Å². The predicted molar refractivity (Wildman–Crippen MR) is 60.2 cm³/mol. The van der Waals surface area contributed by atoms with E-state index in [0.717, 1.165) is 18.4 Å². The fraction of sp³-hybridized carbons (Fsp3) is 0.417. The minimum atomic E-state index is -0.276. The molecule has 1 saturated carbocycles. The van der Waals surface area contributed by atoms with E-state index in [1.807, 2.05) is 0 Å². The Morgan fingerprint density at radius 3 is 2.73 bits per heavy atom. The quantitative estimate of drug-likeness (QED) is 0.822. The molecular weight excluding hydrogens is 259 g/mol. The molecule has 0 radical (unpaired) electrons. The van der Waals surface area contributed by atoms with E-state index in [4.69, 9.17) is 0 Å². The average Bonchev–Trinajstić information content (AvgIpc) is 2.07. The van der Waals surface area contributed by atoms with Crippen LogP contribution in [0.4, 0.5) is 4.39 Å². The molecule has 3 heteroatoms. The van der Waals surface area contributed by atoms with Crippen LogP contribution in [0.2, 0.25) is 0 Å². The maximum Gasteiger partial charge on any atom is 0.140 e. The third-order valence-electron chi connectivity index (χ3n) is 2.94. The fourth-order valence-corrected chi connectivity index (χ4v) is 2.22. The summed E-state index contributed by atoms with van der Waals surface area (Å²) in [5.74, 6) is 0.261. The van der Waals surface area contributed by atoms with Crippen molar-refractivity contribution in [2.24, 2.45) is 5.92 Å². The van der Waals surface area contributed by atoms with E-state index in [-0.39, 0.29) is 17.5 Å². The summed E-state index contributed by atoms with van der Waals surface area (Å²) in [6, 6.07) is 4.48. The first-order valence-corrected chi connectivity index (χ1v) is 5.93. The van der Waals surface area contributed by atoms with Crippen LogP contribution in [-0.4, -0.2) is 5.78 Å². The van der Waals surface area contributed by atoms with Crippen LogP contribution >= 0.6 is 15.9 Å². The Labute approximate surface area is 96.8 Å². The van der Waals surface area contributed by atoms with Crippen LogP contribution in [0.1, 0.15) is 24.8 Å². The van der Waals surface area contributed by atoms with Crippen LogP contribution in [0.5, 0.6) is 0 Å². The molecule has 1 aliphatic carbocycles. The van der Waals surface area contributed by atoms with Gasteiger partial charge in [0.2, 0.25) is 0 Å². The van der Waals surface area contributed by atoms with Crippen LogP contribution in [0.15, 0.2) is 22.7 Å². The van der Waals surface area contributed by atoms with Gasteiger partial charge in [-0.1, -0.05) is 28.4 Å². The van der Waals surface area contributed by atoms with Gasteiger partial charge in [0.1, 0.15) is 11.6 Å². The molecule has 0 aliphatic heterocycles. The molecule has 1 fully saturated rings. The summed E-state index contributed by atoms with van der Waals surface area (Å²) in [6.45, 7) is 0. The van der Waals surface area contributed by atoms with Crippen LogP contribution in [-0.2, 0) is 11.2 Å². The van der Waals surface area contributed by atoms with Gasteiger partial charge in [-0.3, -0.25) is 4.79 Å². The Kier molecular flexibility index (Phi) is 3.19. The zero-order valence-corrected chi connectivity index (χ0v) is 9.89. The number of hydrogen-bond donors (Lipinski definition) is 0. The zero-order valence-electron chi connectivity index (χ0n) is 8.30. The third-order valence-corrected chi connectivity index (χ3v) is 3.68. The molecule has 0 saturated heterocycles. The standard InChI is InChI=1S/C12H12BrFO/c13-11-7-10(14)5-4-9(11)6-12(15)8-2-1-3-8/h4-5,7-8H,1-3,6H2. The van der Waals surface area contributed by atoms with Gasteiger partial charge in [0, 0.05) is 16.8 Å². The van der Waals surface area contributed by atoms with Crippen molar-refractivity contribution >= 4 is 21.7 Å². The lowest BCUT2D eigenvalue weighted by Crippen LogP contribution is -2.23. The Balaban J connectivity index is 2.06. The molecule has 1 aliphatic rings. The number of carbonyl (C=O) groups is 1. The fourth-order valence-electron chi connectivity index (χ4n) is 1.73. The van der Waals surface area contributed by atoms with Gasteiger partial charge in [-0.15, -0.1) is 0 Å². The van der Waals surface area contributed by atoms with Crippen molar-refractivity contribution in [3.8, 4) is 0 Å². The van der Waals surface area contributed by atoms with Gasteiger partial charge < -0.3 is 0 Å². The molecule has 0 amide bonds. The average molecular weight is 271 g/mol. The van der Waals surface area contributed by atoms with Crippen molar-refractivity contribution in [1.82, 2.24) is 0 Å². The maximum absolute atomic E-state index is 12.8. The smallest absolute Gasteiger partial charge is 0.140 e. The second-order valence-electron chi connectivity index (χ2n) is 4.01. The highest BCUT2D eigenvalue weighted by Crippen LogP contribution is 2.29. The summed E-state index contributed by atoms with van der Waals surface area (Å²) >= 11 is 3.27. The Morgan fingerprint density at radius 2 is 2.20 bits per heavy atom. The van der Waals surface area contributed by atoms with Crippen LogP contribution in [0.3, 0.4) is 0 Å². The maximum atomic E-state index is 12.8. The molecule has 1 aromatic rings. The number of carbonyl (C=O) groups excluding carboxylic acids is 1. The molecule has 2 rings (SSSR count). The number of rotatable bonds is 3. The molecule has 0 heterocycles. The summed E-state index contributed by atoms with van der Waals surface area (Å²) in [5, 5.41) is 0. The highest BCUT2D eigenvalue weighted by atomic mass is 79.9. The van der Waals surface area contributed by atoms with Crippen molar-refractivity contribution in [2.75, 3.05) is 0 Å². The molecular formula is C12H12BrFO. The van der Waals surface area contributed by atoms with Gasteiger partial charge >= 0.3 is 0 Å². The van der Waals surface area contributed by atoms with Gasteiger partial charge in [-0.25, -0.2) is 4.39 Å². The number of benzene rings is 1. The number of halogens is 2. The van der Waals surface area contributed by atoms with Crippen LogP contribution in [0, 0.1) is 11.7 Å². The second kappa shape index (κ2) is 4.44. The molecule has 0 atom stereocenters. The van der Waals surface area contributed by atoms with Crippen LogP contribution in [0.25, 0.3) is 0 Å². The van der Waals surface area contributed by atoms with Crippen molar-refractivity contribution in [3.05, 3.63) is 34.1 Å². The third kappa shape index (κ3) is 2.46. The van der Waals surface area contributed by atoms with E-state index < -0.39 is 0 Å².